The molecule has 0 N–H and O–H groups in total. The highest BCUT2D eigenvalue weighted by Crippen LogP contribution is 2.28. The van der Waals surface area contributed by atoms with E-state index in [1.165, 1.54) is 0 Å². The van der Waals surface area contributed by atoms with Gasteiger partial charge in [0.25, 0.3) is 0 Å². The molecule has 2 nitrogen and oxygen atoms in total. The van der Waals surface area contributed by atoms with Gasteiger partial charge in [-0.15, -0.1) is 0 Å². The lowest BCUT2D eigenvalue weighted by atomic mass is 9.89. The summed E-state index contributed by atoms with van der Waals surface area (Å²) >= 11 is 0. The van der Waals surface area contributed by atoms with E-state index in [4.69, 9.17) is 0 Å². The first-order valence-electron chi connectivity index (χ1n) is 8.19. The lowest BCUT2D eigenvalue weighted by molar-refractivity contribution is -0.883. The Labute approximate surface area is 128 Å². The summed E-state index contributed by atoms with van der Waals surface area (Å²) in [5.74, 6) is 0. The van der Waals surface area contributed by atoms with Gasteiger partial charge in [-0.05, 0) is 16.2 Å². The fraction of sp³-hybridized carbons (Fsp3) is 1.00. The number of quaternary nitrogens is 1. The van der Waals surface area contributed by atoms with Crippen LogP contribution in [0.5, 0.6) is 0 Å². The molecule has 0 radical (unpaired) electrons. The van der Waals surface area contributed by atoms with Gasteiger partial charge >= 0.3 is 0 Å². The van der Waals surface area contributed by atoms with E-state index in [0.29, 0.717) is 0 Å². The Morgan fingerprint density at radius 2 is 0.750 bits per heavy atom. The normalized spacial score (nSPS) is 14.7. The molecule has 0 rings (SSSR count). The van der Waals surface area contributed by atoms with Crippen molar-refractivity contribution in [2.45, 2.75) is 81.6 Å². The first-order valence-corrected chi connectivity index (χ1v) is 8.19. The molecule has 0 heterocycles. The van der Waals surface area contributed by atoms with Gasteiger partial charge in [0.1, 0.15) is 0 Å². The zero-order valence-electron chi connectivity index (χ0n) is 15.6. The maximum absolute atomic E-state index is 13.2. The van der Waals surface area contributed by atoms with Crippen LogP contribution in [0.3, 0.4) is 0 Å². The molecule has 2 heteroatoms. The van der Waals surface area contributed by atoms with Crippen LogP contribution in [0, 0.1) is 21.5 Å². The number of hydroxylamine groups is 3. The molecule has 0 aliphatic heterocycles. The van der Waals surface area contributed by atoms with Crippen molar-refractivity contribution >= 4 is 0 Å². The maximum atomic E-state index is 13.2. The second-order valence-electron chi connectivity index (χ2n) is 10.2. The van der Waals surface area contributed by atoms with Crippen LogP contribution < -0.4 is 0 Å². The molecule has 0 spiro atoms. The molecule has 0 saturated heterocycles. The van der Waals surface area contributed by atoms with Crippen LogP contribution in [0.25, 0.3) is 0 Å². The Bertz CT molecular complexity index is 230. The minimum absolute atomic E-state index is 0.00813. The quantitative estimate of drug-likeness (QED) is 0.459. The lowest BCUT2D eigenvalue weighted by Gasteiger charge is -2.46. The van der Waals surface area contributed by atoms with Crippen LogP contribution in [-0.4, -0.2) is 24.3 Å². The number of nitrogens with zero attached hydrogens (tertiary/aromatic N) is 1. The van der Waals surface area contributed by atoms with E-state index in [1.807, 2.05) is 0 Å². The van der Waals surface area contributed by atoms with Crippen molar-refractivity contribution in [3.63, 3.8) is 0 Å². The fourth-order valence-electron chi connectivity index (χ4n) is 1.95. The van der Waals surface area contributed by atoms with Crippen molar-refractivity contribution < 1.29 is 4.65 Å². The topological polar surface area (TPSA) is 23.1 Å². The molecule has 0 aliphatic rings. The predicted molar refractivity (Wildman–Crippen MR) is 90.4 cm³/mol. The van der Waals surface area contributed by atoms with Gasteiger partial charge < -0.3 is 9.85 Å². The molecule has 0 aromatic carbocycles. The Morgan fingerprint density at radius 1 is 0.550 bits per heavy atom. The summed E-state index contributed by atoms with van der Waals surface area (Å²) in [6.07, 6.45) is 3.01. The van der Waals surface area contributed by atoms with Crippen molar-refractivity contribution in [1.29, 1.82) is 0 Å². The molecule has 0 fully saturated rings. The second kappa shape index (κ2) is 6.79. The minimum Gasteiger partial charge on any atom is -0.633 e. The van der Waals surface area contributed by atoms with E-state index >= 15 is 0 Å². The van der Waals surface area contributed by atoms with Gasteiger partial charge in [0.15, 0.2) is 0 Å². The Hall–Kier alpha value is -0.0800. The molecule has 0 aromatic rings. The number of hydrogen-bond acceptors (Lipinski definition) is 1. The summed E-state index contributed by atoms with van der Waals surface area (Å²) in [6, 6.07) is 0. The van der Waals surface area contributed by atoms with Crippen LogP contribution in [0.4, 0.5) is 0 Å². The van der Waals surface area contributed by atoms with Crippen molar-refractivity contribution in [2.24, 2.45) is 16.2 Å². The molecular weight excluding hydrogens is 246 g/mol. The predicted octanol–water partition coefficient (Wildman–Crippen LogP) is 5.61. The van der Waals surface area contributed by atoms with Crippen LogP contribution in [0.1, 0.15) is 81.6 Å². The average molecular weight is 286 g/mol. The Kier molecular flexibility index (Phi) is 6.76. The van der Waals surface area contributed by atoms with Crippen molar-refractivity contribution in [3.05, 3.63) is 5.21 Å². The van der Waals surface area contributed by atoms with E-state index in [2.05, 4.69) is 62.3 Å². The molecule has 0 aromatic heterocycles. The third-order valence-corrected chi connectivity index (χ3v) is 3.81. The second-order valence-corrected chi connectivity index (χ2v) is 10.2. The van der Waals surface area contributed by atoms with Crippen LogP contribution in [0.2, 0.25) is 0 Å². The molecule has 122 valence electrons. The molecule has 0 amide bonds. The largest absolute Gasteiger partial charge is 0.633 e. The van der Waals surface area contributed by atoms with E-state index in [0.717, 1.165) is 38.9 Å². The third-order valence-electron chi connectivity index (χ3n) is 3.81. The van der Waals surface area contributed by atoms with Gasteiger partial charge in [-0.2, -0.15) is 0 Å². The molecule has 0 unspecified atom stereocenters. The molecular formula is C18H39NO. The lowest BCUT2D eigenvalue weighted by Crippen LogP contribution is -2.47. The zero-order chi connectivity index (χ0) is 16.2. The fourth-order valence-corrected chi connectivity index (χ4v) is 1.95. The van der Waals surface area contributed by atoms with Gasteiger partial charge in [0.2, 0.25) is 0 Å². The first kappa shape index (κ1) is 19.9. The van der Waals surface area contributed by atoms with Gasteiger partial charge in [-0.25, -0.2) is 0 Å². The molecule has 0 aliphatic carbocycles. The maximum Gasteiger partial charge on any atom is 0.0789 e. The van der Waals surface area contributed by atoms with Crippen LogP contribution in [0.15, 0.2) is 0 Å². The summed E-state index contributed by atoms with van der Waals surface area (Å²) in [6.45, 7) is 22.3. The van der Waals surface area contributed by atoms with Crippen molar-refractivity contribution in [1.82, 2.24) is 0 Å². The van der Waals surface area contributed by atoms with Crippen molar-refractivity contribution in [3.8, 4) is 0 Å². The number of hydrogen-bond donors (Lipinski definition) is 0. The summed E-state index contributed by atoms with van der Waals surface area (Å²) in [4.78, 5) is 0. The van der Waals surface area contributed by atoms with E-state index in [9.17, 15) is 5.21 Å². The number of rotatable bonds is 6. The third kappa shape index (κ3) is 11.7. The highest BCUT2D eigenvalue weighted by atomic mass is 16.5. The zero-order valence-corrected chi connectivity index (χ0v) is 15.6. The summed E-state index contributed by atoms with van der Waals surface area (Å²) < 4.78 is -0.00813. The van der Waals surface area contributed by atoms with Gasteiger partial charge in [-0.1, -0.05) is 62.3 Å². The van der Waals surface area contributed by atoms with Gasteiger partial charge in [0, 0.05) is 19.3 Å². The molecule has 0 atom stereocenters. The SMILES string of the molecule is CC(C)(C)CC[N+]([O-])(CCC(C)(C)C)CCC(C)(C)C. The highest BCUT2D eigenvalue weighted by Gasteiger charge is 2.25. The summed E-state index contributed by atoms with van der Waals surface area (Å²) in [5, 5.41) is 13.2. The molecule has 0 saturated carbocycles. The first-order chi connectivity index (χ1) is 8.62. The van der Waals surface area contributed by atoms with Crippen molar-refractivity contribution in [2.75, 3.05) is 19.6 Å². The molecule has 20 heavy (non-hydrogen) atoms. The van der Waals surface area contributed by atoms with E-state index in [-0.39, 0.29) is 20.9 Å². The Balaban J connectivity index is 4.66. The van der Waals surface area contributed by atoms with Gasteiger partial charge in [0.05, 0.1) is 19.6 Å². The molecule has 0 bridgehead atoms. The van der Waals surface area contributed by atoms with Crippen LogP contribution >= 0.6 is 0 Å². The Morgan fingerprint density at radius 3 is 0.900 bits per heavy atom. The standard InChI is InChI=1S/C18H39NO/c1-16(2,3)10-13-19(20,14-11-17(4,5)6)15-12-18(7,8)9/h10-15H2,1-9H3. The summed E-state index contributed by atoms with van der Waals surface area (Å²) in [7, 11) is 0. The van der Waals surface area contributed by atoms with Crippen LogP contribution in [-0.2, 0) is 0 Å². The van der Waals surface area contributed by atoms with Gasteiger partial charge in [-0.3, -0.25) is 0 Å². The summed E-state index contributed by atoms with van der Waals surface area (Å²) in [5.41, 5.74) is 0.742. The smallest absolute Gasteiger partial charge is 0.0789 e. The minimum atomic E-state index is -0.00813. The average Bonchev–Trinajstić information content (AvgIpc) is 2.18. The van der Waals surface area contributed by atoms with E-state index in [1.54, 1.807) is 0 Å². The monoisotopic (exact) mass is 285 g/mol. The van der Waals surface area contributed by atoms with E-state index < -0.39 is 0 Å². The highest BCUT2D eigenvalue weighted by molar-refractivity contribution is 4.67.